The molecule has 0 aliphatic carbocycles. The van der Waals surface area contributed by atoms with Crippen molar-refractivity contribution in [3.8, 4) is 40.2 Å². The van der Waals surface area contributed by atoms with Crippen LogP contribution in [0.3, 0.4) is 0 Å². The van der Waals surface area contributed by atoms with Crippen molar-refractivity contribution in [3.63, 3.8) is 0 Å². The highest BCUT2D eigenvalue weighted by atomic mass is 32.2. The van der Waals surface area contributed by atoms with E-state index in [4.69, 9.17) is 9.47 Å². The highest BCUT2D eigenvalue weighted by Gasteiger charge is 2.21. The molecule has 0 aliphatic heterocycles. The van der Waals surface area contributed by atoms with Gasteiger partial charge in [-0.1, -0.05) is 12.1 Å². The summed E-state index contributed by atoms with van der Waals surface area (Å²) in [5.41, 5.74) is 0.965. The van der Waals surface area contributed by atoms with Gasteiger partial charge in [-0.15, -0.1) is 10.2 Å². The molecule has 0 atom stereocenters. The summed E-state index contributed by atoms with van der Waals surface area (Å²) in [6, 6.07) is 13.2. The van der Waals surface area contributed by atoms with Gasteiger partial charge in [0.05, 0.1) is 13.3 Å². The van der Waals surface area contributed by atoms with E-state index in [0.29, 0.717) is 22.8 Å². The third-order valence-electron chi connectivity index (χ3n) is 4.81. The van der Waals surface area contributed by atoms with Gasteiger partial charge in [-0.2, -0.15) is 5.21 Å². The fraction of sp³-hybridized carbons (Fsp3) is 0.0455. The Labute approximate surface area is 204 Å². The first-order valence-electron chi connectivity index (χ1n) is 10.3. The minimum Gasteiger partial charge on any atom is -0.493 e. The van der Waals surface area contributed by atoms with Crippen molar-refractivity contribution in [2.75, 3.05) is 11.8 Å². The number of anilines is 1. The lowest BCUT2D eigenvalue weighted by molar-refractivity contribution is 0.378. The molecule has 0 spiro atoms. The van der Waals surface area contributed by atoms with Crippen LogP contribution in [0.25, 0.3) is 22.9 Å². The van der Waals surface area contributed by atoms with E-state index in [0.717, 1.165) is 0 Å². The molecule has 0 unspecified atom stereocenters. The van der Waals surface area contributed by atoms with Gasteiger partial charge < -0.3 is 9.47 Å². The Hall–Kier alpha value is -4.98. The SMILES string of the molecule is COc1ccccc1Oc1cnc(-c2ccnc(-c3nn[nH]n3)c2)nc1NS(=O)(=O)c1cccnc1. The molecular formula is C22H17N9O4S. The molecule has 0 amide bonds. The lowest BCUT2D eigenvalue weighted by Gasteiger charge is -2.15. The predicted octanol–water partition coefficient (Wildman–Crippen LogP) is 2.72. The lowest BCUT2D eigenvalue weighted by Crippen LogP contribution is -2.15. The molecule has 5 rings (SSSR count). The van der Waals surface area contributed by atoms with Crippen LogP contribution in [0.1, 0.15) is 0 Å². The molecule has 180 valence electrons. The van der Waals surface area contributed by atoms with Gasteiger partial charge in [0.15, 0.2) is 28.9 Å². The molecule has 0 radical (unpaired) electrons. The van der Waals surface area contributed by atoms with Crippen molar-refractivity contribution in [2.24, 2.45) is 0 Å². The van der Waals surface area contributed by atoms with Crippen LogP contribution >= 0.6 is 0 Å². The molecular weight excluding hydrogens is 486 g/mol. The standard InChI is InChI=1S/C22H17N9O4S/c1-34-17-6-2-3-7-18(17)35-19-13-25-20(14-8-10-24-16(11-14)21-27-30-31-28-21)26-22(19)29-36(32,33)15-5-4-9-23-12-15/h2-13H,1H3,(H,25,26,29)(H,27,28,30,31). The van der Waals surface area contributed by atoms with Crippen molar-refractivity contribution in [1.82, 2.24) is 40.6 Å². The molecule has 0 bridgehead atoms. The molecule has 1 aromatic carbocycles. The fourth-order valence-electron chi connectivity index (χ4n) is 3.13. The zero-order valence-electron chi connectivity index (χ0n) is 18.6. The number of para-hydroxylation sites is 2. The maximum absolute atomic E-state index is 13.1. The highest BCUT2D eigenvalue weighted by Crippen LogP contribution is 2.35. The smallest absolute Gasteiger partial charge is 0.264 e. The van der Waals surface area contributed by atoms with Crippen molar-refractivity contribution in [1.29, 1.82) is 0 Å². The van der Waals surface area contributed by atoms with E-state index in [1.165, 1.54) is 44.0 Å². The van der Waals surface area contributed by atoms with Gasteiger partial charge in [0.25, 0.3) is 10.0 Å². The number of nitrogens with one attached hydrogen (secondary N) is 2. The quantitative estimate of drug-likeness (QED) is 0.319. The van der Waals surface area contributed by atoms with Crippen LogP contribution in [0.15, 0.2) is 78.2 Å². The van der Waals surface area contributed by atoms with Crippen LogP contribution in [0, 0.1) is 0 Å². The molecule has 14 heteroatoms. The Morgan fingerprint density at radius 2 is 1.78 bits per heavy atom. The predicted molar refractivity (Wildman–Crippen MR) is 127 cm³/mol. The molecule has 4 aromatic heterocycles. The Morgan fingerprint density at radius 3 is 2.53 bits per heavy atom. The molecule has 0 saturated heterocycles. The van der Waals surface area contributed by atoms with Gasteiger partial charge >= 0.3 is 0 Å². The number of tetrazole rings is 1. The largest absolute Gasteiger partial charge is 0.493 e. The van der Waals surface area contributed by atoms with Gasteiger partial charge in [-0.05, 0) is 41.6 Å². The summed E-state index contributed by atoms with van der Waals surface area (Å²) >= 11 is 0. The third kappa shape index (κ3) is 4.78. The van der Waals surface area contributed by atoms with E-state index in [-0.39, 0.29) is 28.1 Å². The van der Waals surface area contributed by atoms with E-state index >= 15 is 0 Å². The van der Waals surface area contributed by atoms with E-state index in [1.54, 1.807) is 36.4 Å². The second kappa shape index (κ2) is 9.71. The first kappa shape index (κ1) is 22.8. The maximum Gasteiger partial charge on any atom is 0.264 e. The van der Waals surface area contributed by atoms with E-state index < -0.39 is 10.0 Å². The van der Waals surface area contributed by atoms with Gasteiger partial charge in [0, 0.05) is 24.2 Å². The van der Waals surface area contributed by atoms with Gasteiger partial charge in [0.2, 0.25) is 5.82 Å². The average Bonchev–Trinajstić information content (AvgIpc) is 3.46. The molecule has 0 aliphatic rings. The summed E-state index contributed by atoms with van der Waals surface area (Å²) in [7, 11) is -2.55. The number of H-pyrrole nitrogens is 1. The number of hydrogen-bond donors (Lipinski definition) is 2. The first-order valence-corrected chi connectivity index (χ1v) is 11.8. The Balaban J connectivity index is 1.57. The minimum absolute atomic E-state index is 0.0447. The number of rotatable bonds is 8. The van der Waals surface area contributed by atoms with Crippen LogP contribution in [0.4, 0.5) is 5.82 Å². The molecule has 0 saturated carbocycles. The van der Waals surface area contributed by atoms with Crippen molar-refractivity contribution < 1.29 is 17.9 Å². The number of aromatic amines is 1. The van der Waals surface area contributed by atoms with Crippen LogP contribution in [0.2, 0.25) is 0 Å². The summed E-state index contributed by atoms with van der Waals surface area (Å²) in [4.78, 5) is 16.9. The van der Waals surface area contributed by atoms with Gasteiger partial charge in [-0.25, -0.2) is 18.4 Å². The monoisotopic (exact) mass is 503 g/mol. The normalized spacial score (nSPS) is 11.1. The van der Waals surface area contributed by atoms with Crippen LogP contribution in [-0.4, -0.2) is 56.1 Å². The maximum atomic E-state index is 13.1. The Morgan fingerprint density at radius 1 is 0.917 bits per heavy atom. The highest BCUT2D eigenvalue weighted by molar-refractivity contribution is 7.92. The summed E-state index contributed by atoms with van der Waals surface area (Å²) in [6.07, 6.45) is 5.60. The first-order chi connectivity index (χ1) is 17.5. The van der Waals surface area contributed by atoms with Crippen molar-refractivity contribution >= 4 is 15.8 Å². The molecule has 5 aromatic rings. The van der Waals surface area contributed by atoms with E-state index in [2.05, 4.69) is 45.3 Å². The molecule has 4 heterocycles. The Bertz CT molecular complexity index is 1600. The van der Waals surface area contributed by atoms with Crippen LogP contribution in [0.5, 0.6) is 17.2 Å². The fourth-order valence-corrected chi connectivity index (χ4v) is 4.11. The number of aromatic nitrogens is 8. The average molecular weight is 504 g/mol. The van der Waals surface area contributed by atoms with Crippen LogP contribution in [-0.2, 0) is 10.0 Å². The van der Waals surface area contributed by atoms with Gasteiger partial charge in [-0.3, -0.25) is 14.7 Å². The lowest BCUT2D eigenvalue weighted by atomic mass is 10.2. The number of ether oxygens (including phenoxy) is 2. The zero-order valence-corrected chi connectivity index (χ0v) is 19.4. The molecule has 0 fully saturated rings. The number of hydrogen-bond acceptors (Lipinski definition) is 11. The molecule has 13 nitrogen and oxygen atoms in total. The second-order valence-corrected chi connectivity index (χ2v) is 8.80. The van der Waals surface area contributed by atoms with Crippen molar-refractivity contribution in [3.05, 3.63) is 73.3 Å². The second-order valence-electron chi connectivity index (χ2n) is 7.12. The minimum atomic E-state index is -4.05. The zero-order chi connectivity index (χ0) is 25.0. The van der Waals surface area contributed by atoms with Crippen LogP contribution < -0.4 is 14.2 Å². The van der Waals surface area contributed by atoms with Crippen molar-refractivity contribution in [2.45, 2.75) is 4.90 Å². The number of benzene rings is 1. The number of sulfonamides is 1. The Kier molecular flexibility index (Phi) is 6.15. The summed E-state index contributed by atoms with van der Waals surface area (Å²) in [5.74, 6) is 1.25. The molecule has 36 heavy (non-hydrogen) atoms. The van der Waals surface area contributed by atoms with E-state index in [1.807, 2.05) is 0 Å². The summed E-state index contributed by atoms with van der Waals surface area (Å²) < 4.78 is 39.9. The topological polar surface area (TPSA) is 171 Å². The summed E-state index contributed by atoms with van der Waals surface area (Å²) in [5, 5.41) is 13.7. The van der Waals surface area contributed by atoms with Gasteiger partial charge in [0.1, 0.15) is 10.6 Å². The summed E-state index contributed by atoms with van der Waals surface area (Å²) in [6.45, 7) is 0. The molecule has 2 N–H and O–H groups in total. The van der Waals surface area contributed by atoms with E-state index in [9.17, 15) is 8.42 Å². The third-order valence-corrected chi connectivity index (χ3v) is 6.14. The number of methoxy groups -OCH3 is 1. The number of nitrogens with zero attached hydrogens (tertiary/aromatic N) is 7. The number of pyridine rings is 2.